The van der Waals surface area contributed by atoms with Crippen molar-refractivity contribution in [1.29, 1.82) is 0 Å². The molecular formula is C16H16BrNOS. The van der Waals surface area contributed by atoms with E-state index in [0.717, 1.165) is 27.8 Å². The zero-order valence-corrected chi connectivity index (χ0v) is 13.8. The minimum atomic E-state index is 0.132. The minimum Gasteiger partial charge on any atom is -0.337 e. The number of hydrogen-bond acceptors (Lipinski definition) is 2. The molecule has 3 rings (SSSR count). The lowest BCUT2D eigenvalue weighted by atomic mass is 10.2. The number of thiophene rings is 1. The number of carbonyl (C=O) groups is 1. The fourth-order valence-electron chi connectivity index (χ4n) is 2.56. The Morgan fingerprint density at radius 2 is 2.05 bits per heavy atom. The van der Waals surface area contributed by atoms with Crippen LogP contribution in [-0.2, 0) is 19.4 Å². The molecule has 104 valence electrons. The van der Waals surface area contributed by atoms with Crippen LogP contribution >= 0.6 is 27.3 Å². The van der Waals surface area contributed by atoms with E-state index in [-0.39, 0.29) is 5.91 Å². The molecule has 0 unspecified atom stereocenters. The second-order valence-corrected chi connectivity index (χ2v) is 7.25. The van der Waals surface area contributed by atoms with Crippen LogP contribution < -0.4 is 0 Å². The highest BCUT2D eigenvalue weighted by Gasteiger charge is 2.20. The van der Waals surface area contributed by atoms with Crippen molar-refractivity contribution in [3.63, 3.8) is 0 Å². The largest absolute Gasteiger partial charge is 0.337 e. The third kappa shape index (κ3) is 2.81. The van der Waals surface area contributed by atoms with E-state index in [2.05, 4.69) is 22.0 Å². The molecule has 0 radical (unpaired) electrons. The van der Waals surface area contributed by atoms with E-state index in [4.69, 9.17) is 0 Å². The van der Waals surface area contributed by atoms with Crippen LogP contribution in [0, 0.1) is 0 Å². The Hall–Kier alpha value is -1.13. The second-order valence-electron chi connectivity index (χ2n) is 5.20. The van der Waals surface area contributed by atoms with Gasteiger partial charge < -0.3 is 4.90 Å². The molecule has 1 amide bonds. The lowest BCUT2D eigenvalue weighted by molar-refractivity contribution is 0.0790. The van der Waals surface area contributed by atoms with E-state index in [1.54, 1.807) is 16.2 Å². The summed E-state index contributed by atoms with van der Waals surface area (Å²) in [4.78, 5) is 16.5. The molecule has 0 bridgehead atoms. The molecule has 1 aliphatic carbocycles. The number of hydrogen-bond donors (Lipinski definition) is 0. The molecule has 1 aromatic carbocycles. The van der Waals surface area contributed by atoms with Gasteiger partial charge in [-0.2, -0.15) is 0 Å². The van der Waals surface area contributed by atoms with Gasteiger partial charge in [-0.05, 0) is 48.6 Å². The average Bonchev–Trinajstić information content (AvgIpc) is 3.01. The molecule has 2 aromatic rings. The van der Waals surface area contributed by atoms with Crippen LogP contribution in [-0.4, -0.2) is 17.9 Å². The standard InChI is InChI=1S/C16H16BrNOS/c1-18(10-11-5-7-13(17)8-6-11)16(19)15-9-12-3-2-4-14(12)20-15/h5-9H,2-4,10H2,1H3. The minimum absolute atomic E-state index is 0.132. The van der Waals surface area contributed by atoms with Crippen molar-refractivity contribution in [3.05, 3.63) is 55.7 Å². The normalized spacial score (nSPS) is 13.3. The second kappa shape index (κ2) is 5.70. The molecule has 0 N–H and O–H groups in total. The summed E-state index contributed by atoms with van der Waals surface area (Å²) >= 11 is 5.10. The third-order valence-corrected chi connectivity index (χ3v) is 5.39. The van der Waals surface area contributed by atoms with E-state index in [1.165, 1.54) is 16.9 Å². The summed E-state index contributed by atoms with van der Waals surface area (Å²) in [6.45, 7) is 0.648. The van der Waals surface area contributed by atoms with Crippen LogP contribution in [0.1, 0.15) is 32.1 Å². The molecule has 1 aromatic heterocycles. The van der Waals surface area contributed by atoms with Crippen LogP contribution in [0.3, 0.4) is 0 Å². The summed E-state index contributed by atoms with van der Waals surface area (Å²) in [5.41, 5.74) is 2.53. The summed E-state index contributed by atoms with van der Waals surface area (Å²) in [5, 5.41) is 0. The Labute approximate surface area is 131 Å². The maximum absolute atomic E-state index is 12.4. The first-order chi connectivity index (χ1) is 9.63. The van der Waals surface area contributed by atoms with E-state index in [0.29, 0.717) is 6.54 Å². The van der Waals surface area contributed by atoms with Gasteiger partial charge >= 0.3 is 0 Å². The van der Waals surface area contributed by atoms with Gasteiger partial charge in [0.1, 0.15) is 0 Å². The number of rotatable bonds is 3. The van der Waals surface area contributed by atoms with Gasteiger partial charge in [0, 0.05) is 22.9 Å². The number of amides is 1. The first-order valence-electron chi connectivity index (χ1n) is 6.75. The fourth-order valence-corrected chi connectivity index (χ4v) is 4.07. The SMILES string of the molecule is CN(Cc1ccc(Br)cc1)C(=O)c1cc2c(s1)CCC2. The van der Waals surface area contributed by atoms with Crippen LogP contribution in [0.25, 0.3) is 0 Å². The van der Waals surface area contributed by atoms with Gasteiger partial charge in [-0.15, -0.1) is 11.3 Å². The maximum atomic E-state index is 12.4. The number of benzene rings is 1. The highest BCUT2D eigenvalue weighted by atomic mass is 79.9. The van der Waals surface area contributed by atoms with E-state index >= 15 is 0 Å². The zero-order valence-electron chi connectivity index (χ0n) is 11.4. The van der Waals surface area contributed by atoms with Crippen LogP contribution in [0.4, 0.5) is 0 Å². The fraction of sp³-hybridized carbons (Fsp3) is 0.312. The first kappa shape index (κ1) is 13.8. The summed E-state index contributed by atoms with van der Waals surface area (Å²) < 4.78 is 1.06. The quantitative estimate of drug-likeness (QED) is 0.810. The van der Waals surface area contributed by atoms with Crippen molar-refractivity contribution >= 4 is 33.2 Å². The summed E-state index contributed by atoms with van der Waals surface area (Å²) in [6.07, 6.45) is 3.52. The number of fused-ring (bicyclic) bond motifs is 1. The van der Waals surface area contributed by atoms with E-state index in [1.807, 2.05) is 31.3 Å². The monoisotopic (exact) mass is 349 g/mol. The Bertz CT molecular complexity index is 611. The van der Waals surface area contributed by atoms with E-state index in [9.17, 15) is 4.79 Å². The predicted molar refractivity (Wildman–Crippen MR) is 86.3 cm³/mol. The lowest BCUT2D eigenvalue weighted by Gasteiger charge is -2.16. The first-order valence-corrected chi connectivity index (χ1v) is 8.36. The van der Waals surface area contributed by atoms with Crippen molar-refractivity contribution in [2.45, 2.75) is 25.8 Å². The number of halogens is 1. The van der Waals surface area contributed by atoms with Gasteiger partial charge in [0.25, 0.3) is 5.91 Å². The lowest BCUT2D eigenvalue weighted by Crippen LogP contribution is -2.25. The van der Waals surface area contributed by atoms with Crippen molar-refractivity contribution in [2.24, 2.45) is 0 Å². The van der Waals surface area contributed by atoms with Gasteiger partial charge in [0.15, 0.2) is 0 Å². The van der Waals surface area contributed by atoms with Gasteiger partial charge in [0.05, 0.1) is 4.88 Å². The van der Waals surface area contributed by atoms with Crippen molar-refractivity contribution in [2.75, 3.05) is 7.05 Å². The third-order valence-electron chi connectivity index (χ3n) is 3.64. The summed E-state index contributed by atoms with van der Waals surface area (Å²) in [5.74, 6) is 0.132. The van der Waals surface area contributed by atoms with Crippen molar-refractivity contribution in [3.8, 4) is 0 Å². The molecule has 0 fully saturated rings. The average molecular weight is 350 g/mol. The van der Waals surface area contributed by atoms with Gasteiger partial charge in [-0.3, -0.25) is 4.79 Å². The molecule has 0 saturated heterocycles. The maximum Gasteiger partial charge on any atom is 0.263 e. The smallest absolute Gasteiger partial charge is 0.263 e. The van der Waals surface area contributed by atoms with Crippen LogP contribution in [0.2, 0.25) is 0 Å². The molecule has 1 heterocycles. The predicted octanol–water partition coefficient (Wildman–Crippen LogP) is 4.27. The molecule has 4 heteroatoms. The Morgan fingerprint density at radius 3 is 2.75 bits per heavy atom. The Balaban J connectivity index is 1.71. The molecule has 0 saturated carbocycles. The van der Waals surface area contributed by atoms with Crippen LogP contribution in [0.15, 0.2) is 34.8 Å². The zero-order chi connectivity index (χ0) is 14.1. The van der Waals surface area contributed by atoms with Crippen LogP contribution in [0.5, 0.6) is 0 Å². The summed E-state index contributed by atoms with van der Waals surface area (Å²) in [6, 6.07) is 10.2. The number of nitrogens with zero attached hydrogens (tertiary/aromatic N) is 1. The van der Waals surface area contributed by atoms with Crippen molar-refractivity contribution in [1.82, 2.24) is 4.90 Å². The van der Waals surface area contributed by atoms with Gasteiger partial charge in [-0.1, -0.05) is 28.1 Å². The van der Waals surface area contributed by atoms with Crippen molar-refractivity contribution < 1.29 is 4.79 Å². The van der Waals surface area contributed by atoms with Gasteiger partial charge in [0.2, 0.25) is 0 Å². The molecule has 0 aliphatic heterocycles. The van der Waals surface area contributed by atoms with Gasteiger partial charge in [-0.25, -0.2) is 0 Å². The summed E-state index contributed by atoms with van der Waals surface area (Å²) in [7, 11) is 1.87. The number of carbonyl (C=O) groups excluding carboxylic acids is 1. The highest BCUT2D eigenvalue weighted by molar-refractivity contribution is 9.10. The topological polar surface area (TPSA) is 20.3 Å². The Kier molecular flexibility index (Phi) is 3.94. The number of aryl methyl sites for hydroxylation is 2. The molecular weight excluding hydrogens is 334 g/mol. The molecule has 2 nitrogen and oxygen atoms in total. The highest BCUT2D eigenvalue weighted by Crippen LogP contribution is 2.31. The molecule has 1 aliphatic rings. The Morgan fingerprint density at radius 1 is 1.30 bits per heavy atom. The molecule has 20 heavy (non-hydrogen) atoms. The van der Waals surface area contributed by atoms with E-state index < -0.39 is 0 Å². The molecule has 0 spiro atoms. The molecule has 0 atom stereocenters.